The summed E-state index contributed by atoms with van der Waals surface area (Å²) in [6.45, 7) is 9.08. The highest BCUT2D eigenvalue weighted by atomic mass is 16.5. The Balaban J connectivity index is 2.20. The first-order valence-corrected chi connectivity index (χ1v) is 9.58. The van der Waals surface area contributed by atoms with Crippen LogP contribution in [0, 0.1) is 12.8 Å². The summed E-state index contributed by atoms with van der Waals surface area (Å²) in [6.07, 6.45) is 1.83. The van der Waals surface area contributed by atoms with Crippen LogP contribution in [-0.4, -0.2) is 25.0 Å². The normalized spacial score (nSPS) is 10.7. The van der Waals surface area contributed by atoms with Crippen molar-refractivity contribution in [2.24, 2.45) is 5.92 Å². The van der Waals surface area contributed by atoms with Crippen LogP contribution < -0.4 is 4.90 Å². The molecule has 0 aliphatic heterocycles. The van der Waals surface area contributed by atoms with E-state index in [1.165, 1.54) is 0 Å². The number of carbonyl (C=O) groups is 2. The topological polar surface area (TPSA) is 46.6 Å². The van der Waals surface area contributed by atoms with Gasteiger partial charge in [0.05, 0.1) is 17.7 Å². The Kier molecular flexibility index (Phi) is 7.59. The molecular formula is C23H29NO3. The molecule has 0 N–H and O–H groups in total. The predicted octanol–water partition coefficient (Wildman–Crippen LogP) is 5.25. The van der Waals surface area contributed by atoms with Gasteiger partial charge < -0.3 is 9.64 Å². The number of nitrogens with zero attached hydrogens (tertiary/aromatic N) is 1. The first kappa shape index (κ1) is 20.7. The van der Waals surface area contributed by atoms with Crippen LogP contribution in [0.25, 0.3) is 0 Å². The number of aryl methyl sites for hydroxylation is 1. The number of hydrogen-bond acceptors (Lipinski definition) is 3. The minimum absolute atomic E-state index is 0.196. The molecule has 0 spiro atoms. The van der Waals surface area contributed by atoms with E-state index in [0.717, 1.165) is 24.1 Å². The van der Waals surface area contributed by atoms with Crippen molar-refractivity contribution >= 4 is 17.6 Å². The number of carbonyl (C=O) groups excluding carboxylic acids is 2. The minimum Gasteiger partial charge on any atom is -0.462 e. The Morgan fingerprint density at radius 3 is 2.37 bits per heavy atom. The van der Waals surface area contributed by atoms with Crippen LogP contribution in [0.2, 0.25) is 0 Å². The Morgan fingerprint density at radius 1 is 1.04 bits per heavy atom. The highest BCUT2D eigenvalue weighted by molar-refractivity contribution is 6.12. The zero-order valence-corrected chi connectivity index (χ0v) is 16.7. The van der Waals surface area contributed by atoms with Crippen LogP contribution in [0.1, 0.15) is 59.9 Å². The van der Waals surface area contributed by atoms with Gasteiger partial charge in [0.2, 0.25) is 0 Å². The number of rotatable bonds is 8. The van der Waals surface area contributed by atoms with Gasteiger partial charge in [0.15, 0.2) is 0 Å². The third-order valence-electron chi connectivity index (χ3n) is 4.41. The summed E-state index contributed by atoms with van der Waals surface area (Å²) in [5.41, 5.74) is 2.59. The summed E-state index contributed by atoms with van der Waals surface area (Å²) < 4.78 is 5.40. The van der Waals surface area contributed by atoms with Crippen LogP contribution in [0.5, 0.6) is 0 Å². The van der Waals surface area contributed by atoms with Gasteiger partial charge in [0.1, 0.15) is 0 Å². The van der Waals surface area contributed by atoms with Gasteiger partial charge in [-0.15, -0.1) is 0 Å². The van der Waals surface area contributed by atoms with Gasteiger partial charge in [-0.1, -0.05) is 38.1 Å². The molecule has 2 rings (SSSR count). The van der Waals surface area contributed by atoms with E-state index in [4.69, 9.17) is 4.74 Å². The third kappa shape index (κ3) is 5.68. The number of benzene rings is 2. The maximum atomic E-state index is 13.2. The highest BCUT2D eigenvalue weighted by Crippen LogP contribution is 2.21. The molecule has 1 amide bonds. The molecular weight excluding hydrogens is 338 g/mol. The molecule has 2 aromatic rings. The van der Waals surface area contributed by atoms with Crippen molar-refractivity contribution in [1.29, 1.82) is 0 Å². The molecule has 4 nitrogen and oxygen atoms in total. The summed E-state index contributed by atoms with van der Waals surface area (Å²) in [5, 5.41) is 0. The largest absolute Gasteiger partial charge is 0.462 e. The molecule has 0 atom stereocenters. The van der Waals surface area contributed by atoms with Crippen molar-refractivity contribution in [2.75, 3.05) is 18.1 Å². The molecule has 0 radical (unpaired) electrons. The van der Waals surface area contributed by atoms with Crippen molar-refractivity contribution in [3.05, 3.63) is 65.2 Å². The van der Waals surface area contributed by atoms with Crippen molar-refractivity contribution in [3.63, 3.8) is 0 Å². The number of esters is 1. The quantitative estimate of drug-likeness (QED) is 0.472. The lowest BCUT2D eigenvalue weighted by Gasteiger charge is -2.22. The predicted molar refractivity (Wildman–Crippen MR) is 109 cm³/mol. The molecule has 144 valence electrons. The fourth-order valence-corrected chi connectivity index (χ4v) is 2.97. The fourth-order valence-electron chi connectivity index (χ4n) is 2.97. The average molecular weight is 367 g/mol. The number of ether oxygens (including phenoxy) is 1. The van der Waals surface area contributed by atoms with Gasteiger partial charge in [-0.05, 0) is 62.4 Å². The summed E-state index contributed by atoms with van der Waals surface area (Å²) in [6, 6.07) is 14.7. The molecule has 0 fully saturated rings. The lowest BCUT2D eigenvalue weighted by Crippen LogP contribution is -2.32. The van der Waals surface area contributed by atoms with E-state index in [-0.39, 0.29) is 5.91 Å². The van der Waals surface area contributed by atoms with Crippen molar-refractivity contribution in [2.45, 2.75) is 40.5 Å². The smallest absolute Gasteiger partial charge is 0.338 e. The molecule has 0 heterocycles. The Bertz CT molecular complexity index is 783. The Hall–Kier alpha value is -2.62. The molecule has 0 aliphatic carbocycles. The molecule has 27 heavy (non-hydrogen) atoms. The molecule has 2 aromatic carbocycles. The lowest BCUT2D eigenvalue weighted by atomic mass is 10.1. The molecule has 0 unspecified atom stereocenters. The van der Waals surface area contributed by atoms with Crippen molar-refractivity contribution < 1.29 is 14.3 Å². The fraction of sp³-hybridized carbons (Fsp3) is 0.391. The maximum Gasteiger partial charge on any atom is 0.338 e. The molecule has 0 aromatic heterocycles. The van der Waals surface area contributed by atoms with E-state index in [1.54, 1.807) is 29.2 Å². The molecule has 0 bridgehead atoms. The average Bonchev–Trinajstić information content (AvgIpc) is 2.65. The van der Waals surface area contributed by atoms with Gasteiger partial charge >= 0.3 is 5.97 Å². The van der Waals surface area contributed by atoms with Gasteiger partial charge in [0.25, 0.3) is 5.91 Å². The summed E-state index contributed by atoms with van der Waals surface area (Å²) in [4.78, 5) is 27.4. The van der Waals surface area contributed by atoms with Crippen LogP contribution in [-0.2, 0) is 4.74 Å². The second kappa shape index (κ2) is 9.91. The maximum absolute atomic E-state index is 13.2. The zero-order chi connectivity index (χ0) is 19.8. The minimum atomic E-state index is -0.442. The van der Waals surface area contributed by atoms with Gasteiger partial charge in [-0.25, -0.2) is 4.79 Å². The lowest BCUT2D eigenvalue weighted by molar-refractivity contribution is 0.0491. The second-order valence-corrected chi connectivity index (χ2v) is 7.11. The van der Waals surface area contributed by atoms with E-state index in [0.29, 0.717) is 30.2 Å². The Morgan fingerprint density at radius 2 is 1.74 bits per heavy atom. The first-order valence-electron chi connectivity index (χ1n) is 9.58. The van der Waals surface area contributed by atoms with Crippen LogP contribution in [0.3, 0.4) is 0 Å². The van der Waals surface area contributed by atoms with Gasteiger partial charge in [-0.3, -0.25) is 4.79 Å². The van der Waals surface area contributed by atoms with Crippen molar-refractivity contribution in [3.8, 4) is 0 Å². The van der Waals surface area contributed by atoms with E-state index in [2.05, 4.69) is 13.8 Å². The first-order chi connectivity index (χ1) is 12.9. The zero-order valence-electron chi connectivity index (χ0n) is 16.7. The highest BCUT2D eigenvalue weighted by Gasteiger charge is 2.22. The van der Waals surface area contributed by atoms with E-state index in [9.17, 15) is 9.59 Å². The standard InChI is InChI=1S/C23H29NO3/c1-5-24(19-12-8-11-18(4)16-19)22(25)20-13-6-7-14-21(20)23(26)27-15-9-10-17(2)3/h6-8,11-14,16-17H,5,9-10,15H2,1-4H3. The molecule has 0 aliphatic rings. The number of anilines is 1. The summed E-state index contributed by atoms with van der Waals surface area (Å²) in [5.74, 6) is -0.0640. The molecule has 4 heteroatoms. The molecule has 0 saturated carbocycles. The van der Waals surface area contributed by atoms with E-state index >= 15 is 0 Å². The van der Waals surface area contributed by atoms with E-state index in [1.807, 2.05) is 38.1 Å². The van der Waals surface area contributed by atoms with Gasteiger partial charge in [-0.2, -0.15) is 0 Å². The number of hydrogen-bond donors (Lipinski definition) is 0. The van der Waals surface area contributed by atoms with Crippen LogP contribution in [0.15, 0.2) is 48.5 Å². The van der Waals surface area contributed by atoms with Crippen LogP contribution in [0.4, 0.5) is 5.69 Å². The Labute approximate surface area is 162 Å². The monoisotopic (exact) mass is 367 g/mol. The summed E-state index contributed by atoms with van der Waals surface area (Å²) >= 11 is 0. The number of amides is 1. The third-order valence-corrected chi connectivity index (χ3v) is 4.41. The van der Waals surface area contributed by atoms with Crippen molar-refractivity contribution in [1.82, 2.24) is 0 Å². The SMILES string of the molecule is CCN(C(=O)c1ccccc1C(=O)OCCCC(C)C)c1cccc(C)c1. The van der Waals surface area contributed by atoms with Crippen LogP contribution >= 0.6 is 0 Å². The van der Waals surface area contributed by atoms with E-state index < -0.39 is 5.97 Å². The molecule has 0 saturated heterocycles. The second-order valence-electron chi connectivity index (χ2n) is 7.11. The summed E-state index contributed by atoms with van der Waals surface area (Å²) in [7, 11) is 0. The van der Waals surface area contributed by atoms with Gasteiger partial charge in [0, 0.05) is 12.2 Å².